The normalized spacial score (nSPS) is 22.2. The number of benzene rings is 1. The highest BCUT2D eigenvalue weighted by Gasteiger charge is 2.42. The molecule has 0 spiro atoms. The van der Waals surface area contributed by atoms with E-state index in [0.29, 0.717) is 22.9 Å². The third kappa shape index (κ3) is 6.93. The Kier molecular flexibility index (Phi) is 9.37. The molecule has 3 aliphatic rings. The molecule has 2 fully saturated rings. The molecule has 3 amide bonds. The van der Waals surface area contributed by atoms with Gasteiger partial charge in [0, 0.05) is 36.8 Å². The molecule has 2 N–H and O–H groups in total. The van der Waals surface area contributed by atoms with Crippen molar-refractivity contribution in [3.63, 3.8) is 0 Å². The van der Waals surface area contributed by atoms with Gasteiger partial charge < -0.3 is 25.2 Å². The molecule has 0 atom stereocenters. The smallest absolute Gasteiger partial charge is 0.315 e. The maximum atomic E-state index is 14.1. The summed E-state index contributed by atoms with van der Waals surface area (Å²) in [7, 11) is 0. The molecule has 0 radical (unpaired) electrons. The fraction of sp³-hybridized carbons (Fsp3) is 0.700. The molecule has 4 rings (SSSR count). The van der Waals surface area contributed by atoms with Gasteiger partial charge in [-0.1, -0.05) is 0 Å². The number of amides is 3. The fourth-order valence-electron chi connectivity index (χ4n) is 5.99. The number of rotatable bonds is 11. The average molecular weight is 563 g/mol. The quantitative estimate of drug-likeness (QED) is 0.417. The lowest BCUT2D eigenvalue weighted by atomic mass is 9.83. The van der Waals surface area contributed by atoms with Crippen LogP contribution in [0.15, 0.2) is 12.1 Å². The van der Waals surface area contributed by atoms with Gasteiger partial charge in [-0.2, -0.15) is 8.78 Å². The number of hydrogen-bond acceptors (Lipinski definition) is 5. The maximum absolute atomic E-state index is 14.1. The van der Waals surface area contributed by atoms with E-state index in [2.05, 4.69) is 10.6 Å². The summed E-state index contributed by atoms with van der Waals surface area (Å²) >= 11 is 0. The number of hydrogen-bond donors (Lipinski definition) is 2. The van der Waals surface area contributed by atoms with Crippen molar-refractivity contribution in [2.24, 2.45) is 5.92 Å². The van der Waals surface area contributed by atoms with E-state index < -0.39 is 17.9 Å². The Hall–Kier alpha value is -2.75. The summed E-state index contributed by atoms with van der Waals surface area (Å²) in [4.78, 5) is 42.1. The van der Waals surface area contributed by atoms with Crippen molar-refractivity contribution in [2.45, 2.75) is 110 Å². The maximum Gasteiger partial charge on any atom is 0.315 e. The number of anilines is 1. The molecule has 0 aromatic heterocycles. The van der Waals surface area contributed by atoms with Crippen LogP contribution in [0.5, 0.6) is 5.75 Å². The summed E-state index contributed by atoms with van der Waals surface area (Å²) in [6.45, 7) is 10.1. The minimum atomic E-state index is -3.13. The van der Waals surface area contributed by atoms with Crippen LogP contribution in [0, 0.1) is 12.8 Å². The third-order valence-electron chi connectivity index (χ3n) is 8.35. The van der Waals surface area contributed by atoms with E-state index in [1.54, 1.807) is 26.0 Å². The van der Waals surface area contributed by atoms with E-state index in [0.717, 1.165) is 43.8 Å². The van der Waals surface area contributed by atoms with Crippen molar-refractivity contribution in [3.8, 4) is 5.75 Å². The second-order valence-electron chi connectivity index (χ2n) is 12.3. The number of nitrogens with zero attached hydrogens (tertiary/aromatic N) is 2. The summed E-state index contributed by atoms with van der Waals surface area (Å²) in [6, 6.07) is 4.32. The van der Waals surface area contributed by atoms with Crippen molar-refractivity contribution in [1.29, 1.82) is 0 Å². The molecule has 1 aliphatic heterocycles. The number of carbonyl (C=O) groups is 3. The van der Waals surface area contributed by atoms with Gasteiger partial charge in [-0.3, -0.25) is 14.4 Å². The molecule has 0 saturated heterocycles. The molecule has 1 aromatic carbocycles. The highest BCUT2D eigenvalue weighted by Crippen LogP contribution is 2.40. The van der Waals surface area contributed by atoms with Crippen molar-refractivity contribution in [1.82, 2.24) is 15.5 Å². The third-order valence-corrected chi connectivity index (χ3v) is 8.35. The average Bonchev–Trinajstić information content (AvgIpc) is 3.71. The predicted octanol–water partition coefficient (Wildman–Crippen LogP) is 4.43. The molecular weight excluding hydrogens is 518 g/mol. The number of ether oxygens (including phenoxy) is 1. The monoisotopic (exact) mass is 562 g/mol. The topological polar surface area (TPSA) is 91.0 Å². The highest BCUT2D eigenvalue weighted by molar-refractivity contribution is 6.05. The number of fused-ring (bicyclic) bond motifs is 1. The first-order valence-electron chi connectivity index (χ1n) is 14.7. The molecule has 10 heteroatoms. The molecule has 8 nitrogen and oxygen atoms in total. The molecule has 222 valence electrons. The lowest BCUT2D eigenvalue weighted by Crippen LogP contribution is -2.54. The first-order chi connectivity index (χ1) is 18.9. The SMILES string of the molecule is Cc1cc2c(cc1C(=O)N(C(C)C)[C@H]1CC[C@@H](CCNC3CC3)CC1)N(CCNC(=O)C(F)F)C(=O)C(C)(C)O2. The van der Waals surface area contributed by atoms with Crippen LogP contribution in [-0.4, -0.2) is 72.4 Å². The Morgan fingerprint density at radius 2 is 1.77 bits per heavy atom. The second-order valence-corrected chi connectivity index (χ2v) is 12.3. The van der Waals surface area contributed by atoms with Crippen LogP contribution in [0.2, 0.25) is 0 Å². The zero-order valence-electron chi connectivity index (χ0n) is 24.4. The summed E-state index contributed by atoms with van der Waals surface area (Å²) in [5.74, 6) is -0.722. The minimum Gasteiger partial charge on any atom is -0.476 e. The van der Waals surface area contributed by atoms with Gasteiger partial charge in [0.2, 0.25) is 0 Å². The van der Waals surface area contributed by atoms with Gasteiger partial charge in [-0.05, 0) is 110 Å². The highest BCUT2D eigenvalue weighted by atomic mass is 19.3. The van der Waals surface area contributed by atoms with Gasteiger partial charge in [-0.25, -0.2) is 0 Å². The first-order valence-corrected chi connectivity index (χ1v) is 14.7. The molecule has 1 heterocycles. The number of alkyl halides is 2. The van der Waals surface area contributed by atoms with Crippen molar-refractivity contribution >= 4 is 23.4 Å². The van der Waals surface area contributed by atoms with Gasteiger partial charge in [0.25, 0.3) is 17.7 Å². The van der Waals surface area contributed by atoms with Crippen LogP contribution >= 0.6 is 0 Å². The molecule has 2 saturated carbocycles. The standard InChI is InChI=1S/C30H44F2N4O4/c1-18(2)36(22-10-6-20(7-11-22)12-13-33-21-8-9-21)28(38)23-17-24-25(16-19(23)3)40-30(4,5)29(39)35(24)15-14-34-27(37)26(31)32/h16-18,20-22,26,33H,6-15H2,1-5H3,(H,34,37)/t20-,22+. The lowest BCUT2D eigenvalue weighted by molar-refractivity contribution is -0.133. The Balaban J connectivity index is 1.51. The molecule has 2 aliphatic carbocycles. The zero-order valence-corrected chi connectivity index (χ0v) is 24.4. The van der Waals surface area contributed by atoms with Crippen LogP contribution in [0.3, 0.4) is 0 Å². The van der Waals surface area contributed by atoms with E-state index >= 15 is 0 Å². The summed E-state index contributed by atoms with van der Waals surface area (Å²) < 4.78 is 31.3. The van der Waals surface area contributed by atoms with Crippen molar-refractivity contribution < 1.29 is 27.9 Å². The summed E-state index contributed by atoms with van der Waals surface area (Å²) in [5, 5.41) is 5.76. The predicted molar refractivity (Wildman–Crippen MR) is 150 cm³/mol. The van der Waals surface area contributed by atoms with Crippen LogP contribution in [0.4, 0.5) is 14.5 Å². The number of carbonyl (C=O) groups excluding carboxylic acids is 3. The Labute approximate surface area is 236 Å². The zero-order chi connectivity index (χ0) is 29.2. The lowest BCUT2D eigenvalue weighted by Gasteiger charge is -2.41. The van der Waals surface area contributed by atoms with E-state index in [1.807, 2.05) is 25.7 Å². The van der Waals surface area contributed by atoms with Gasteiger partial charge in [0.05, 0.1) is 5.69 Å². The summed E-state index contributed by atoms with van der Waals surface area (Å²) in [6.07, 6.45) is 4.78. The van der Waals surface area contributed by atoms with E-state index in [1.165, 1.54) is 24.2 Å². The van der Waals surface area contributed by atoms with Gasteiger partial charge in [0.1, 0.15) is 5.75 Å². The number of halogens is 2. The molecule has 0 bridgehead atoms. The van der Waals surface area contributed by atoms with E-state index in [4.69, 9.17) is 4.74 Å². The minimum absolute atomic E-state index is 0.00139. The number of aryl methyl sites for hydroxylation is 1. The van der Waals surface area contributed by atoms with Crippen LogP contribution in [-0.2, 0) is 9.59 Å². The van der Waals surface area contributed by atoms with Crippen LogP contribution in [0.1, 0.15) is 88.6 Å². The summed E-state index contributed by atoms with van der Waals surface area (Å²) in [5.41, 5.74) is 0.445. The molecule has 0 unspecified atom stereocenters. The second kappa shape index (κ2) is 12.4. The molecule has 40 heavy (non-hydrogen) atoms. The molecular formula is C30H44F2N4O4. The number of nitrogens with one attached hydrogen (secondary N) is 2. The fourth-order valence-corrected chi connectivity index (χ4v) is 5.99. The van der Waals surface area contributed by atoms with Crippen molar-refractivity contribution in [3.05, 3.63) is 23.3 Å². The van der Waals surface area contributed by atoms with E-state index in [-0.39, 0.29) is 37.0 Å². The van der Waals surface area contributed by atoms with Gasteiger partial charge in [-0.15, -0.1) is 0 Å². The van der Waals surface area contributed by atoms with Crippen molar-refractivity contribution in [2.75, 3.05) is 24.5 Å². The molecule has 1 aromatic rings. The van der Waals surface area contributed by atoms with E-state index in [9.17, 15) is 23.2 Å². The van der Waals surface area contributed by atoms with Gasteiger partial charge >= 0.3 is 6.43 Å². The van der Waals surface area contributed by atoms with Gasteiger partial charge in [0.15, 0.2) is 5.60 Å². The van der Waals surface area contributed by atoms with Crippen LogP contribution in [0.25, 0.3) is 0 Å². The van der Waals surface area contributed by atoms with Crippen LogP contribution < -0.4 is 20.3 Å². The Morgan fingerprint density at radius 3 is 2.38 bits per heavy atom. The Morgan fingerprint density at radius 1 is 1.10 bits per heavy atom. The Bertz CT molecular complexity index is 1100. The first kappa shape index (κ1) is 30.2. The largest absolute Gasteiger partial charge is 0.476 e.